The van der Waals surface area contributed by atoms with Crippen LogP contribution in [0.15, 0.2) is 61.2 Å². The van der Waals surface area contributed by atoms with E-state index in [0.29, 0.717) is 44.3 Å². The summed E-state index contributed by atoms with van der Waals surface area (Å²) in [5.74, 6) is 0.730. The first-order chi connectivity index (χ1) is 15.7. The number of amides is 2. The van der Waals surface area contributed by atoms with E-state index in [9.17, 15) is 9.59 Å². The molecule has 1 fully saturated rings. The minimum absolute atomic E-state index is 0.0673. The van der Waals surface area contributed by atoms with Crippen molar-refractivity contribution < 1.29 is 19.1 Å². The first-order valence-electron chi connectivity index (χ1n) is 10.7. The SMILES string of the molecule is O=C(NCc1ccccc1Cn1ccnc1)C1CC(=O)N(c2ccc3c(c2)OCCO3)C1. The van der Waals surface area contributed by atoms with Crippen molar-refractivity contribution >= 4 is 17.5 Å². The van der Waals surface area contributed by atoms with Crippen molar-refractivity contribution in [2.45, 2.75) is 19.5 Å². The van der Waals surface area contributed by atoms with Gasteiger partial charge in [-0.25, -0.2) is 4.98 Å². The predicted octanol–water partition coefficient (Wildman–Crippen LogP) is 2.37. The van der Waals surface area contributed by atoms with Crippen molar-refractivity contribution in [3.8, 4) is 11.5 Å². The standard InChI is InChI=1S/C24H24N4O4/c29-23-11-19(15-28(23)20-5-6-21-22(12-20)32-10-9-31-21)24(30)26-13-17-3-1-2-4-18(17)14-27-8-7-25-16-27/h1-8,12,16,19H,9-11,13-15H2,(H,26,30). The van der Waals surface area contributed by atoms with Crippen LogP contribution in [0.4, 0.5) is 5.69 Å². The molecular formula is C24H24N4O4. The first-order valence-corrected chi connectivity index (χ1v) is 10.7. The van der Waals surface area contributed by atoms with Crippen LogP contribution in [-0.4, -0.2) is 41.1 Å². The highest BCUT2D eigenvalue weighted by atomic mass is 16.6. The summed E-state index contributed by atoms with van der Waals surface area (Å²) >= 11 is 0. The van der Waals surface area contributed by atoms with Crippen molar-refractivity contribution in [3.63, 3.8) is 0 Å². The number of anilines is 1. The summed E-state index contributed by atoms with van der Waals surface area (Å²) in [5, 5.41) is 3.02. The molecule has 8 heteroatoms. The fourth-order valence-corrected chi connectivity index (χ4v) is 4.12. The Morgan fingerprint density at radius 2 is 1.91 bits per heavy atom. The third-order valence-corrected chi connectivity index (χ3v) is 5.82. The number of nitrogens with one attached hydrogen (secondary N) is 1. The molecule has 1 atom stereocenters. The fourth-order valence-electron chi connectivity index (χ4n) is 4.12. The molecule has 0 radical (unpaired) electrons. The number of hydrogen-bond donors (Lipinski definition) is 1. The van der Waals surface area contributed by atoms with Gasteiger partial charge in [0, 0.05) is 50.2 Å². The van der Waals surface area contributed by atoms with E-state index in [1.54, 1.807) is 23.5 Å². The van der Waals surface area contributed by atoms with Gasteiger partial charge in [-0.3, -0.25) is 9.59 Å². The lowest BCUT2D eigenvalue weighted by Crippen LogP contribution is -2.33. The van der Waals surface area contributed by atoms with Crippen molar-refractivity contribution in [2.24, 2.45) is 5.92 Å². The molecule has 1 unspecified atom stereocenters. The summed E-state index contributed by atoms with van der Waals surface area (Å²) in [6.45, 7) is 2.45. The summed E-state index contributed by atoms with van der Waals surface area (Å²) < 4.78 is 13.2. The molecule has 0 bridgehead atoms. The first kappa shape index (κ1) is 20.1. The maximum absolute atomic E-state index is 12.9. The van der Waals surface area contributed by atoms with Gasteiger partial charge in [0.05, 0.1) is 12.2 Å². The Morgan fingerprint density at radius 1 is 1.09 bits per heavy atom. The number of imidazole rings is 1. The van der Waals surface area contributed by atoms with E-state index in [1.807, 2.05) is 47.2 Å². The van der Waals surface area contributed by atoms with Gasteiger partial charge >= 0.3 is 0 Å². The quantitative estimate of drug-likeness (QED) is 0.646. The van der Waals surface area contributed by atoms with Crippen LogP contribution in [0, 0.1) is 5.92 Å². The summed E-state index contributed by atoms with van der Waals surface area (Å²) in [6.07, 6.45) is 5.61. The van der Waals surface area contributed by atoms with E-state index in [2.05, 4.69) is 10.3 Å². The summed E-state index contributed by atoms with van der Waals surface area (Å²) in [7, 11) is 0. The number of nitrogens with zero attached hydrogens (tertiary/aromatic N) is 3. The predicted molar refractivity (Wildman–Crippen MR) is 118 cm³/mol. The van der Waals surface area contributed by atoms with Gasteiger partial charge in [0.2, 0.25) is 11.8 Å². The molecule has 3 heterocycles. The monoisotopic (exact) mass is 432 g/mol. The second kappa shape index (κ2) is 8.74. The third-order valence-electron chi connectivity index (χ3n) is 5.82. The molecule has 2 aliphatic heterocycles. The molecule has 1 N–H and O–H groups in total. The molecule has 1 aromatic heterocycles. The number of carbonyl (C=O) groups excluding carboxylic acids is 2. The number of carbonyl (C=O) groups is 2. The van der Waals surface area contributed by atoms with Gasteiger partial charge in [0.1, 0.15) is 13.2 Å². The van der Waals surface area contributed by atoms with Crippen LogP contribution in [0.25, 0.3) is 0 Å². The van der Waals surface area contributed by atoms with Crippen molar-refractivity contribution in [1.82, 2.24) is 14.9 Å². The molecule has 5 rings (SSSR count). The number of aromatic nitrogens is 2. The Labute approximate surface area is 185 Å². The molecule has 0 spiro atoms. The van der Waals surface area contributed by atoms with Crippen LogP contribution in [0.3, 0.4) is 0 Å². The Hall–Kier alpha value is -3.81. The maximum atomic E-state index is 12.9. The maximum Gasteiger partial charge on any atom is 0.227 e. The zero-order valence-electron chi connectivity index (χ0n) is 17.6. The number of rotatable bonds is 6. The molecule has 1 saturated heterocycles. The number of ether oxygens (including phenoxy) is 2. The van der Waals surface area contributed by atoms with Gasteiger partial charge in [-0.2, -0.15) is 0 Å². The van der Waals surface area contributed by atoms with Crippen molar-refractivity contribution in [1.29, 1.82) is 0 Å². The second-order valence-electron chi connectivity index (χ2n) is 7.95. The molecule has 8 nitrogen and oxygen atoms in total. The van der Waals surface area contributed by atoms with Crippen LogP contribution >= 0.6 is 0 Å². The largest absolute Gasteiger partial charge is 0.486 e. The van der Waals surface area contributed by atoms with Gasteiger partial charge < -0.3 is 24.3 Å². The molecule has 0 aliphatic carbocycles. The number of fused-ring (bicyclic) bond motifs is 1. The molecule has 2 aliphatic rings. The van der Waals surface area contributed by atoms with E-state index in [1.165, 1.54) is 0 Å². The zero-order valence-corrected chi connectivity index (χ0v) is 17.6. The zero-order chi connectivity index (χ0) is 21.9. The molecule has 2 aromatic carbocycles. The highest BCUT2D eigenvalue weighted by molar-refractivity contribution is 6.00. The lowest BCUT2D eigenvalue weighted by atomic mass is 10.1. The average Bonchev–Trinajstić information content (AvgIpc) is 3.47. The minimum Gasteiger partial charge on any atom is -0.486 e. The minimum atomic E-state index is -0.392. The van der Waals surface area contributed by atoms with Crippen LogP contribution in [0.1, 0.15) is 17.5 Å². The Morgan fingerprint density at radius 3 is 2.72 bits per heavy atom. The summed E-state index contributed by atoms with van der Waals surface area (Å²) in [4.78, 5) is 31.2. The summed E-state index contributed by atoms with van der Waals surface area (Å²) in [6, 6.07) is 13.4. The van der Waals surface area contributed by atoms with Crippen LogP contribution in [0.2, 0.25) is 0 Å². The van der Waals surface area contributed by atoms with Gasteiger partial charge in [-0.15, -0.1) is 0 Å². The third kappa shape index (κ3) is 4.16. The molecule has 32 heavy (non-hydrogen) atoms. The Balaban J connectivity index is 1.22. The molecule has 3 aromatic rings. The number of hydrogen-bond acceptors (Lipinski definition) is 5. The average molecular weight is 432 g/mol. The van der Waals surface area contributed by atoms with E-state index in [4.69, 9.17) is 9.47 Å². The van der Waals surface area contributed by atoms with Crippen LogP contribution in [0.5, 0.6) is 11.5 Å². The van der Waals surface area contributed by atoms with Gasteiger partial charge in [0.25, 0.3) is 0 Å². The lowest BCUT2D eigenvalue weighted by molar-refractivity contribution is -0.126. The summed E-state index contributed by atoms with van der Waals surface area (Å²) in [5.41, 5.74) is 2.88. The van der Waals surface area contributed by atoms with Crippen molar-refractivity contribution in [2.75, 3.05) is 24.7 Å². The van der Waals surface area contributed by atoms with E-state index < -0.39 is 5.92 Å². The molecular weight excluding hydrogens is 408 g/mol. The molecule has 2 amide bonds. The lowest BCUT2D eigenvalue weighted by Gasteiger charge is -2.22. The fraction of sp³-hybridized carbons (Fsp3) is 0.292. The Kier molecular flexibility index (Phi) is 5.49. The van der Waals surface area contributed by atoms with Gasteiger partial charge in [0.15, 0.2) is 11.5 Å². The topological polar surface area (TPSA) is 85.7 Å². The van der Waals surface area contributed by atoms with E-state index in [-0.39, 0.29) is 18.2 Å². The van der Waals surface area contributed by atoms with E-state index in [0.717, 1.165) is 16.8 Å². The highest BCUT2D eigenvalue weighted by Crippen LogP contribution is 2.36. The molecule has 0 saturated carbocycles. The van der Waals surface area contributed by atoms with Crippen LogP contribution in [-0.2, 0) is 22.7 Å². The van der Waals surface area contributed by atoms with E-state index >= 15 is 0 Å². The van der Waals surface area contributed by atoms with Gasteiger partial charge in [-0.05, 0) is 23.3 Å². The highest BCUT2D eigenvalue weighted by Gasteiger charge is 2.35. The second-order valence-corrected chi connectivity index (χ2v) is 7.95. The van der Waals surface area contributed by atoms with Crippen molar-refractivity contribution in [3.05, 3.63) is 72.3 Å². The van der Waals surface area contributed by atoms with Gasteiger partial charge in [-0.1, -0.05) is 24.3 Å². The normalized spacial score (nSPS) is 17.4. The molecule has 164 valence electrons. The van der Waals surface area contributed by atoms with Crippen LogP contribution < -0.4 is 19.7 Å². The number of benzene rings is 2. The Bertz CT molecular complexity index is 1130. The smallest absolute Gasteiger partial charge is 0.227 e.